The van der Waals surface area contributed by atoms with Crippen LogP contribution in [0, 0.1) is 18.6 Å². The van der Waals surface area contributed by atoms with Gasteiger partial charge in [-0.2, -0.15) is 9.40 Å². The molecule has 3 heterocycles. The molecule has 0 radical (unpaired) electrons. The molecule has 11 heteroatoms. The van der Waals surface area contributed by atoms with E-state index < -0.39 is 21.7 Å². The van der Waals surface area contributed by atoms with Crippen LogP contribution in [0.25, 0.3) is 5.82 Å². The number of rotatable bonds is 4. The molecule has 3 aromatic rings. The van der Waals surface area contributed by atoms with Gasteiger partial charge in [0.25, 0.3) is 0 Å². The lowest BCUT2D eigenvalue weighted by Gasteiger charge is -2.34. The average Bonchev–Trinajstić information content (AvgIpc) is 3.16. The third-order valence-electron chi connectivity index (χ3n) is 4.69. The summed E-state index contributed by atoms with van der Waals surface area (Å²) >= 11 is 0. The molecule has 0 spiro atoms. The zero-order chi connectivity index (χ0) is 20.6. The fraction of sp³-hybridized carbons (Fsp3) is 0.278. The fourth-order valence-corrected chi connectivity index (χ4v) is 4.56. The predicted molar refractivity (Wildman–Crippen MR) is 101 cm³/mol. The van der Waals surface area contributed by atoms with Crippen LogP contribution in [-0.2, 0) is 10.0 Å². The summed E-state index contributed by atoms with van der Waals surface area (Å²) in [7, 11) is -3.90. The third kappa shape index (κ3) is 3.83. The average molecular weight is 420 g/mol. The van der Waals surface area contributed by atoms with Gasteiger partial charge in [-0.25, -0.2) is 31.8 Å². The molecule has 0 aliphatic carbocycles. The van der Waals surface area contributed by atoms with Gasteiger partial charge in [-0.05, 0) is 31.2 Å². The molecule has 1 aliphatic heterocycles. The highest BCUT2D eigenvalue weighted by atomic mass is 32.2. The van der Waals surface area contributed by atoms with Crippen LogP contribution in [0.1, 0.15) is 5.69 Å². The Morgan fingerprint density at radius 1 is 0.931 bits per heavy atom. The van der Waals surface area contributed by atoms with Crippen molar-refractivity contribution in [1.82, 2.24) is 24.1 Å². The van der Waals surface area contributed by atoms with Gasteiger partial charge in [0.05, 0.1) is 10.6 Å². The van der Waals surface area contributed by atoms with Gasteiger partial charge in [-0.15, -0.1) is 0 Å². The van der Waals surface area contributed by atoms with Crippen LogP contribution in [0.2, 0.25) is 0 Å². The number of sulfonamides is 1. The van der Waals surface area contributed by atoms with Gasteiger partial charge in [0.2, 0.25) is 10.0 Å². The molecule has 4 rings (SSSR count). The molecule has 1 saturated heterocycles. The Kier molecular flexibility index (Phi) is 5.01. The highest BCUT2D eigenvalue weighted by molar-refractivity contribution is 7.89. The first-order valence-corrected chi connectivity index (χ1v) is 10.3. The smallest absolute Gasteiger partial charge is 0.243 e. The molecule has 1 fully saturated rings. The summed E-state index contributed by atoms with van der Waals surface area (Å²) in [5, 5.41) is 4.32. The van der Waals surface area contributed by atoms with Gasteiger partial charge in [-0.3, -0.25) is 0 Å². The Bertz CT molecular complexity index is 1140. The number of benzene rings is 1. The molecular weight excluding hydrogens is 402 g/mol. The maximum absolute atomic E-state index is 13.5. The summed E-state index contributed by atoms with van der Waals surface area (Å²) in [4.78, 5) is 10.2. The fourth-order valence-electron chi connectivity index (χ4n) is 3.12. The minimum absolute atomic E-state index is 0.196. The monoisotopic (exact) mass is 420 g/mol. The standard InChI is InChI=1S/C18H18F2N6O2S/c1-13-4-5-26(23-13)18-11-17(21-12-22-18)24-6-8-25(9-7-24)29(27,28)14-2-3-15(19)16(20)10-14/h2-5,10-12H,6-9H2,1H3. The van der Waals surface area contributed by atoms with E-state index in [0.29, 0.717) is 30.8 Å². The normalized spacial score (nSPS) is 15.6. The number of anilines is 1. The number of nitrogens with zero attached hydrogens (tertiary/aromatic N) is 6. The Morgan fingerprint density at radius 2 is 1.66 bits per heavy atom. The van der Waals surface area contributed by atoms with Crippen molar-refractivity contribution in [3.05, 3.63) is 60.2 Å². The van der Waals surface area contributed by atoms with Crippen LogP contribution < -0.4 is 4.90 Å². The molecule has 1 aliphatic rings. The van der Waals surface area contributed by atoms with E-state index in [4.69, 9.17) is 0 Å². The van der Waals surface area contributed by atoms with Gasteiger partial charge < -0.3 is 4.90 Å². The largest absolute Gasteiger partial charge is 0.354 e. The van der Waals surface area contributed by atoms with Crippen molar-refractivity contribution in [1.29, 1.82) is 0 Å². The van der Waals surface area contributed by atoms with Crippen molar-refractivity contribution in [2.75, 3.05) is 31.1 Å². The van der Waals surface area contributed by atoms with Crippen LogP contribution in [0.3, 0.4) is 0 Å². The van der Waals surface area contributed by atoms with Crippen molar-refractivity contribution in [2.24, 2.45) is 0 Å². The predicted octanol–water partition coefficient (Wildman–Crippen LogP) is 1.76. The summed E-state index contributed by atoms with van der Waals surface area (Å²) in [5.41, 5.74) is 0.862. The van der Waals surface area contributed by atoms with Crippen LogP contribution in [-0.4, -0.2) is 58.7 Å². The maximum atomic E-state index is 13.5. The van der Waals surface area contributed by atoms with Crippen molar-refractivity contribution in [3.63, 3.8) is 0 Å². The van der Waals surface area contributed by atoms with Crippen molar-refractivity contribution in [3.8, 4) is 5.82 Å². The van der Waals surface area contributed by atoms with Gasteiger partial charge in [0.15, 0.2) is 17.5 Å². The first kappa shape index (κ1) is 19.4. The quantitative estimate of drug-likeness (QED) is 0.640. The van der Waals surface area contributed by atoms with Crippen LogP contribution in [0.15, 0.2) is 47.8 Å². The lowest BCUT2D eigenvalue weighted by molar-refractivity contribution is 0.383. The summed E-state index contributed by atoms with van der Waals surface area (Å²) in [6, 6.07) is 6.25. The molecule has 0 unspecified atom stereocenters. The Morgan fingerprint density at radius 3 is 2.31 bits per heavy atom. The van der Waals surface area contributed by atoms with Crippen LogP contribution in [0.5, 0.6) is 0 Å². The molecule has 29 heavy (non-hydrogen) atoms. The topological polar surface area (TPSA) is 84.2 Å². The van der Waals surface area contributed by atoms with Gasteiger partial charge in [-0.1, -0.05) is 0 Å². The number of hydrogen-bond acceptors (Lipinski definition) is 6. The van der Waals surface area contributed by atoms with Gasteiger partial charge in [0, 0.05) is 38.4 Å². The minimum atomic E-state index is -3.90. The van der Waals surface area contributed by atoms with E-state index >= 15 is 0 Å². The van der Waals surface area contributed by atoms with E-state index in [1.54, 1.807) is 16.9 Å². The first-order chi connectivity index (χ1) is 13.8. The number of aromatic nitrogens is 4. The molecular formula is C18H18F2N6O2S. The molecule has 2 aromatic heterocycles. The van der Waals surface area contributed by atoms with E-state index in [9.17, 15) is 17.2 Å². The van der Waals surface area contributed by atoms with Crippen LogP contribution in [0.4, 0.5) is 14.6 Å². The Hall–Kier alpha value is -2.92. The second-order valence-corrected chi connectivity index (χ2v) is 8.54. The zero-order valence-corrected chi connectivity index (χ0v) is 16.4. The summed E-state index contributed by atoms with van der Waals surface area (Å²) in [6.07, 6.45) is 3.24. The summed E-state index contributed by atoms with van der Waals surface area (Å²) in [5.74, 6) is -0.999. The zero-order valence-electron chi connectivity index (χ0n) is 15.5. The molecule has 8 nitrogen and oxygen atoms in total. The van der Waals surface area contributed by atoms with E-state index in [2.05, 4.69) is 15.1 Å². The van der Waals surface area contributed by atoms with E-state index in [1.807, 2.05) is 17.9 Å². The number of aryl methyl sites for hydroxylation is 1. The number of halogens is 2. The van der Waals surface area contributed by atoms with Crippen molar-refractivity contribution in [2.45, 2.75) is 11.8 Å². The molecule has 0 bridgehead atoms. The SMILES string of the molecule is Cc1ccn(-c2cc(N3CCN(S(=O)(=O)c4ccc(F)c(F)c4)CC3)ncn2)n1. The second kappa shape index (κ2) is 7.48. The highest BCUT2D eigenvalue weighted by Gasteiger charge is 2.29. The molecule has 152 valence electrons. The molecule has 0 atom stereocenters. The van der Waals surface area contributed by atoms with E-state index in [0.717, 1.165) is 17.8 Å². The Balaban J connectivity index is 1.49. The molecule has 0 saturated carbocycles. The van der Waals surface area contributed by atoms with Crippen molar-refractivity contribution >= 4 is 15.8 Å². The molecule has 0 amide bonds. The molecule has 0 N–H and O–H groups in total. The van der Waals surface area contributed by atoms with E-state index in [1.165, 1.54) is 10.6 Å². The first-order valence-electron chi connectivity index (χ1n) is 8.89. The maximum Gasteiger partial charge on any atom is 0.243 e. The number of hydrogen-bond donors (Lipinski definition) is 0. The van der Waals surface area contributed by atoms with Gasteiger partial charge >= 0.3 is 0 Å². The van der Waals surface area contributed by atoms with Gasteiger partial charge in [0.1, 0.15) is 12.1 Å². The summed E-state index contributed by atoms with van der Waals surface area (Å²) in [6.45, 7) is 3.07. The Labute approximate surface area is 166 Å². The summed E-state index contributed by atoms with van der Waals surface area (Å²) < 4.78 is 54.9. The second-order valence-electron chi connectivity index (χ2n) is 6.60. The molecule has 1 aromatic carbocycles. The lowest BCUT2D eigenvalue weighted by Crippen LogP contribution is -2.49. The third-order valence-corrected chi connectivity index (χ3v) is 6.58. The van der Waals surface area contributed by atoms with E-state index in [-0.39, 0.29) is 18.0 Å². The van der Waals surface area contributed by atoms with Crippen LogP contribution >= 0.6 is 0 Å². The minimum Gasteiger partial charge on any atom is -0.354 e. The highest BCUT2D eigenvalue weighted by Crippen LogP contribution is 2.22. The van der Waals surface area contributed by atoms with Crippen molar-refractivity contribution < 1.29 is 17.2 Å². The number of piperazine rings is 1. The lowest BCUT2D eigenvalue weighted by atomic mass is 10.3.